The van der Waals surface area contributed by atoms with E-state index in [1.54, 1.807) is 0 Å². The molecule has 2 atom stereocenters. The molecule has 1 rings (SSSR count). The lowest BCUT2D eigenvalue weighted by molar-refractivity contribution is -0.128. The van der Waals surface area contributed by atoms with Gasteiger partial charge in [0, 0.05) is 12.5 Å². The summed E-state index contributed by atoms with van der Waals surface area (Å²) < 4.78 is 5.23. The van der Waals surface area contributed by atoms with Crippen molar-refractivity contribution in [3.05, 3.63) is 0 Å². The molecule has 13 heavy (non-hydrogen) atoms. The lowest BCUT2D eigenvalue weighted by Gasteiger charge is -2.24. The Hall–Kier alpha value is -0.410. The Labute approximate surface area is 79.6 Å². The first kappa shape index (κ1) is 10.7. The second kappa shape index (κ2) is 4.20. The monoisotopic (exact) mass is 185 g/mol. The van der Waals surface area contributed by atoms with Crippen molar-refractivity contribution in [1.82, 2.24) is 0 Å². The highest BCUT2D eigenvalue weighted by molar-refractivity contribution is 5.85. The molecule has 76 valence electrons. The third-order valence-corrected chi connectivity index (χ3v) is 2.91. The molecule has 0 aromatic carbocycles. The fraction of sp³-hybridized carbons (Fsp3) is 0.900. The molecule has 3 nitrogen and oxygen atoms in total. The van der Waals surface area contributed by atoms with E-state index < -0.39 is 5.41 Å². The van der Waals surface area contributed by atoms with E-state index in [2.05, 4.69) is 6.92 Å². The van der Waals surface area contributed by atoms with Gasteiger partial charge in [-0.15, -0.1) is 0 Å². The molecule has 0 aromatic rings. The van der Waals surface area contributed by atoms with Gasteiger partial charge in [-0.05, 0) is 13.3 Å². The Morgan fingerprint density at radius 3 is 2.85 bits per heavy atom. The molecule has 1 saturated heterocycles. The minimum Gasteiger partial charge on any atom is -0.379 e. The van der Waals surface area contributed by atoms with Crippen LogP contribution in [0.15, 0.2) is 0 Å². The lowest BCUT2D eigenvalue weighted by Crippen LogP contribution is -2.44. The van der Waals surface area contributed by atoms with E-state index >= 15 is 0 Å². The van der Waals surface area contributed by atoms with Gasteiger partial charge < -0.3 is 10.5 Å². The van der Waals surface area contributed by atoms with Gasteiger partial charge in [0.1, 0.15) is 5.78 Å². The van der Waals surface area contributed by atoms with Crippen LogP contribution in [0.25, 0.3) is 0 Å². The Bertz CT molecular complexity index is 193. The number of ether oxygens (including phenoxy) is 1. The van der Waals surface area contributed by atoms with Crippen molar-refractivity contribution in [2.24, 2.45) is 11.1 Å². The number of unbranched alkanes of at least 4 members (excludes halogenated alkanes) is 1. The van der Waals surface area contributed by atoms with Crippen LogP contribution < -0.4 is 5.73 Å². The van der Waals surface area contributed by atoms with Crippen LogP contribution >= 0.6 is 0 Å². The van der Waals surface area contributed by atoms with Gasteiger partial charge in [-0.25, -0.2) is 0 Å². The van der Waals surface area contributed by atoms with Crippen molar-refractivity contribution >= 4 is 5.78 Å². The van der Waals surface area contributed by atoms with Crippen LogP contribution in [0, 0.1) is 5.41 Å². The fourth-order valence-electron chi connectivity index (χ4n) is 1.60. The van der Waals surface area contributed by atoms with Crippen LogP contribution in [-0.4, -0.2) is 25.0 Å². The number of ketones is 1. The molecule has 2 unspecified atom stereocenters. The van der Waals surface area contributed by atoms with Gasteiger partial charge in [0.15, 0.2) is 0 Å². The second-order valence-corrected chi connectivity index (χ2v) is 4.07. The highest BCUT2D eigenvalue weighted by atomic mass is 16.5. The molecule has 1 aliphatic rings. The maximum absolute atomic E-state index is 11.8. The SMILES string of the molecule is CCCCC(=O)C1(C)COCC1N. The van der Waals surface area contributed by atoms with Gasteiger partial charge in [-0.3, -0.25) is 4.79 Å². The third-order valence-electron chi connectivity index (χ3n) is 2.91. The van der Waals surface area contributed by atoms with Crippen LogP contribution in [0.5, 0.6) is 0 Å². The molecule has 0 spiro atoms. The number of carbonyl (C=O) groups is 1. The zero-order valence-corrected chi connectivity index (χ0v) is 8.51. The molecular weight excluding hydrogens is 166 g/mol. The van der Waals surface area contributed by atoms with Crippen LogP contribution in [0.3, 0.4) is 0 Å². The van der Waals surface area contributed by atoms with E-state index in [-0.39, 0.29) is 11.8 Å². The van der Waals surface area contributed by atoms with Gasteiger partial charge in [0.05, 0.1) is 18.6 Å². The summed E-state index contributed by atoms with van der Waals surface area (Å²) in [7, 11) is 0. The van der Waals surface area contributed by atoms with Gasteiger partial charge in [-0.2, -0.15) is 0 Å². The quantitative estimate of drug-likeness (QED) is 0.713. The average molecular weight is 185 g/mol. The van der Waals surface area contributed by atoms with Crippen LogP contribution in [-0.2, 0) is 9.53 Å². The van der Waals surface area contributed by atoms with Crippen molar-refractivity contribution in [3.8, 4) is 0 Å². The number of rotatable bonds is 4. The van der Waals surface area contributed by atoms with Gasteiger partial charge >= 0.3 is 0 Å². The maximum atomic E-state index is 11.8. The molecule has 0 aliphatic carbocycles. The van der Waals surface area contributed by atoms with Crippen LogP contribution in [0.4, 0.5) is 0 Å². The maximum Gasteiger partial charge on any atom is 0.142 e. The van der Waals surface area contributed by atoms with E-state index in [0.29, 0.717) is 19.6 Å². The average Bonchev–Trinajstić information content (AvgIpc) is 2.44. The van der Waals surface area contributed by atoms with E-state index in [1.807, 2.05) is 6.92 Å². The zero-order chi connectivity index (χ0) is 9.90. The molecule has 1 heterocycles. The number of hydrogen-bond donors (Lipinski definition) is 1. The molecule has 1 aliphatic heterocycles. The fourth-order valence-corrected chi connectivity index (χ4v) is 1.60. The normalized spacial score (nSPS) is 33.6. The highest BCUT2D eigenvalue weighted by Crippen LogP contribution is 2.29. The van der Waals surface area contributed by atoms with E-state index in [9.17, 15) is 4.79 Å². The molecule has 0 radical (unpaired) electrons. The number of Topliss-reactive ketones (excluding diaryl/α,β-unsaturated/α-hetero) is 1. The molecule has 0 amide bonds. The van der Waals surface area contributed by atoms with Crippen LogP contribution in [0.1, 0.15) is 33.1 Å². The predicted octanol–water partition coefficient (Wildman–Crippen LogP) is 1.11. The number of carbonyl (C=O) groups excluding carboxylic acids is 1. The van der Waals surface area contributed by atoms with Gasteiger partial charge in [-0.1, -0.05) is 13.3 Å². The first-order valence-electron chi connectivity index (χ1n) is 4.98. The largest absolute Gasteiger partial charge is 0.379 e. The Balaban J connectivity index is 2.53. The van der Waals surface area contributed by atoms with Crippen LogP contribution in [0.2, 0.25) is 0 Å². The van der Waals surface area contributed by atoms with Crippen molar-refractivity contribution in [3.63, 3.8) is 0 Å². The molecule has 0 saturated carbocycles. The summed E-state index contributed by atoms with van der Waals surface area (Å²) in [4.78, 5) is 11.8. The van der Waals surface area contributed by atoms with Crippen molar-refractivity contribution in [2.75, 3.05) is 13.2 Å². The summed E-state index contributed by atoms with van der Waals surface area (Å²) in [5.41, 5.74) is 5.42. The summed E-state index contributed by atoms with van der Waals surface area (Å²) in [6.07, 6.45) is 2.66. The summed E-state index contributed by atoms with van der Waals surface area (Å²) in [6, 6.07) is -0.114. The summed E-state index contributed by atoms with van der Waals surface area (Å²) in [5, 5.41) is 0. The van der Waals surface area contributed by atoms with Gasteiger partial charge in [0.25, 0.3) is 0 Å². The minimum absolute atomic E-state index is 0.114. The smallest absolute Gasteiger partial charge is 0.142 e. The Morgan fingerprint density at radius 2 is 2.38 bits per heavy atom. The molecule has 2 N–H and O–H groups in total. The van der Waals surface area contributed by atoms with Crippen molar-refractivity contribution in [1.29, 1.82) is 0 Å². The Morgan fingerprint density at radius 1 is 1.69 bits per heavy atom. The molecule has 1 fully saturated rings. The predicted molar refractivity (Wildman–Crippen MR) is 51.4 cm³/mol. The number of hydrogen-bond acceptors (Lipinski definition) is 3. The standard InChI is InChI=1S/C10H19NO2/c1-3-4-5-9(12)10(2)7-13-6-8(10)11/h8H,3-7,11H2,1-2H3. The topological polar surface area (TPSA) is 52.3 Å². The zero-order valence-electron chi connectivity index (χ0n) is 8.51. The molecule has 0 bridgehead atoms. The molecule has 0 aromatic heterocycles. The summed E-state index contributed by atoms with van der Waals surface area (Å²) in [6.45, 7) is 5.02. The second-order valence-electron chi connectivity index (χ2n) is 4.07. The third kappa shape index (κ3) is 2.09. The lowest BCUT2D eigenvalue weighted by atomic mass is 9.79. The molecular formula is C10H19NO2. The van der Waals surface area contributed by atoms with E-state index in [1.165, 1.54) is 0 Å². The first-order valence-corrected chi connectivity index (χ1v) is 4.98. The number of nitrogens with two attached hydrogens (primary N) is 1. The van der Waals surface area contributed by atoms with Crippen molar-refractivity contribution in [2.45, 2.75) is 39.2 Å². The minimum atomic E-state index is -0.421. The Kier molecular flexibility index (Phi) is 3.45. The highest BCUT2D eigenvalue weighted by Gasteiger charge is 2.43. The van der Waals surface area contributed by atoms with E-state index in [0.717, 1.165) is 12.8 Å². The van der Waals surface area contributed by atoms with Crippen molar-refractivity contribution < 1.29 is 9.53 Å². The van der Waals surface area contributed by atoms with Gasteiger partial charge in [0.2, 0.25) is 0 Å². The summed E-state index contributed by atoms with van der Waals surface area (Å²) >= 11 is 0. The first-order chi connectivity index (χ1) is 6.11. The molecule has 3 heteroatoms. The van der Waals surface area contributed by atoms with E-state index in [4.69, 9.17) is 10.5 Å². The summed E-state index contributed by atoms with van der Waals surface area (Å²) in [5.74, 6) is 0.263.